The number of ether oxygens (including phenoxy) is 2. The second-order valence-electron chi connectivity index (χ2n) is 8.51. The Morgan fingerprint density at radius 3 is 2.61 bits per heavy atom. The zero-order chi connectivity index (χ0) is 26.6. The molecule has 3 rings (SSSR count). The van der Waals surface area contributed by atoms with Gasteiger partial charge in [-0.1, -0.05) is 30.4 Å². The Bertz CT molecular complexity index is 1230. The van der Waals surface area contributed by atoms with E-state index in [9.17, 15) is 14.5 Å². The SMILES string of the molecule is Cc1cn([C@H]2O[C@@H](CO[P@@](=O)(N[C@@H](C)C(=O)OC(C)C)Oc3ccccc3)C(O)[C@H]2Cl)c(=S)[nH]c1=S. The van der Waals surface area contributed by atoms with Crippen molar-refractivity contribution in [2.75, 3.05) is 6.61 Å². The molecule has 14 heteroatoms. The van der Waals surface area contributed by atoms with E-state index >= 15 is 0 Å². The molecule has 0 aliphatic carbocycles. The minimum absolute atomic E-state index is 0.250. The Morgan fingerprint density at radius 1 is 1.31 bits per heavy atom. The van der Waals surface area contributed by atoms with E-state index in [1.54, 1.807) is 61.9 Å². The van der Waals surface area contributed by atoms with Crippen LogP contribution in [-0.2, 0) is 23.4 Å². The van der Waals surface area contributed by atoms with Crippen LogP contribution < -0.4 is 9.61 Å². The van der Waals surface area contributed by atoms with Crippen LogP contribution in [0.15, 0.2) is 36.5 Å². The van der Waals surface area contributed by atoms with Gasteiger partial charge in [0.25, 0.3) is 0 Å². The van der Waals surface area contributed by atoms with E-state index in [2.05, 4.69) is 10.1 Å². The average Bonchev–Trinajstić information content (AvgIpc) is 3.08. The fourth-order valence-corrected chi connectivity index (χ4v) is 5.66. The Kier molecular flexibility index (Phi) is 9.87. The Morgan fingerprint density at radius 2 is 1.97 bits per heavy atom. The van der Waals surface area contributed by atoms with Crippen molar-refractivity contribution in [3.63, 3.8) is 0 Å². The number of halogens is 1. The number of H-pyrrole nitrogens is 1. The molecule has 2 aromatic rings. The molecule has 1 aromatic carbocycles. The fourth-order valence-electron chi connectivity index (χ4n) is 3.35. The van der Waals surface area contributed by atoms with Gasteiger partial charge < -0.3 is 24.1 Å². The molecule has 0 spiro atoms. The number of esters is 1. The van der Waals surface area contributed by atoms with Crippen LogP contribution in [0, 0.1) is 16.3 Å². The van der Waals surface area contributed by atoms with Gasteiger partial charge in [-0.3, -0.25) is 13.9 Å². The Balaban J connectivity index is 1.77. The van der Waals surface area contributed by atoms with Crippen LogP contribution in [0.5, 0.6) is 5.75 Å². The normalized spacial score (nSPS) is 24.3. The summed E-state index contributed by atoms with van der Waals surface area (Å²) in [6.07, 6.45) is -1.68. The van der Waals surface area contributed by atoms with E-state index in [0.29, 0.717) is 4.64 Å². The predicted octanol–water partition coefficient (Wildman–Crippen LogP) is 4.58. The van der Waals surface area contributed by atoms with E-state index in [4.69, 9.17) is 54.6 Å². The maximum absolute atomic E-state index is 13.6. The first-order valence-electron chi connectivity index (χ1n) is 11.2. The fraction of sp³-hybridized carbons (Fsp3) is 0.500. The summed E-state index contributed by atoms with van der Waals surface area (Å²) in [6.45, 7) is 6.32. The lowest BCUT2D eigenvalue weighted by Crippen LogP contribution is -2.37. The molecule has 0 radical (unpaired) electrons. The molecule has 1 aliphatic heterocycles. The average molecular weight is 578 g/mol. The molecule has 1 aromatic heterocycles. The predicted molar refractivity (Wildman–Crippen MR) is 139 cm³/mol. The highest BCUT2D eigenvalue weighted by molar-refractivity contribution is 7.72. The summed E-state index contributed by atoms with van der Waals surface area (Å²) in [6, 6.07) is 7.31. The van der Waals surface area contributed by atoms with E-state index in [1.165, 1.54) is 6.92 Å². The summed E-state index contributed by atoms with van der Waals surface area (Å²) >= 11 is 17.0. The number of aliphatic hydroxyl groups excluding tert-OH is 1. The lowest BCUT2D eigenvalue weighted by atomic mass is 10.2. The van der Waals surface area contributed by atoms with Gasteiger partial charge in [-0.25, -0.2) is 4.57 Å². The van der Waals surface area contributed by atoms with E-state index in [0.717, 1.165) is 5.56 Å². The first kappa shape index (κ1) is 28.9. The molecule has 198 valence electrons. The van der Waals surface area contributed by atoms with Gasteiger partial charge in [0.15, 0.2) is 11.0 Å². The smallest absolute Gasteiger partial charge is 0.459 e. The van der Waals surface area contributed by atoms with Crippen molar-refractivity contribution < 1.29 is 33.0 Å². The van der Waals surface area contributed by atoms with E-state index in [-0.39, 0.29) is 23.2 Å². The molecule has 1 aliphatic rings. The van der Waals surface area contributed by atoms with E-state index < -0.39 is 43.6 Å². The van der Waals surface area contributed by atoms with Crippen LogP contribution in [0.25, 0.3) is 0 Å². The number of nitrogens with zero attached hydrogens (tertiary/aromatic N) is 1. The molecule has 6 atom stereocenters. The number of nitrogens with one attached hydrogen (secondary N) is 2. The van der Waals surface area contributed by atoms with Gasteiger partial charge in [-0.15, -0.1) is 11.6 Å². The number of rotatable bonds is 10. The Hall–Kier alpha value is -1.63. The van der Waals surface area contributed by atoms with Crippen molar-refractivity contribution in [2.24, 2.45) is 0 Å². The first-order chi connectivity index (χ1) is 16.9. The van der Waals surface area contributed by atoms with Gasteiger partial charge in [0.2, 0.25) is 0 Å². The summed E-state index contributed by atoms with van der Waals surface area (Å²) < 4.78 is 38.3. The maximum atomic E-state index is 13.6. The third-order valence-corrected chi connectivity index (χ3v) is 8.00. The van der Waals surface area contributed by atoms with Gasteiger partial charge in [0, 0.05) is 11.8 Å². The van der Waals surface area contributed by atoms with Crippen molar-refractivity contribution in [1.82, 2.24) is 14.6 Å². The highest BCUT2D eigenvalue weighted by atomic mass is 35.5. The number of carbonyl (C=O) groups is 1. The molecule has 1 unspecified atom stereocenters. The monoisotopic (exact) mass is 577 g/mol. The van der Waals surface area contributed by atoms with Crippen LogP contribution in [0.2, 0.25) is 0 Å². The maximum Gasteiger partial charge on any atom is 0.459 e. The lowest BCUT2D eigenvalue weighted by Gasteiger charge is -2.25. The molecule has 10 nitrogen and oxygen atoms in total. The summed E-state index contributed by atoms with van der Waals surface area (Å²) in [5, 5.41) is 12.4. The van der Waals surface area contributed by atoms with Gasteiger partial charge in [-0.2, -0.15) is 5.09 Å². The summed E-state index contributed by atoms with van der Waals surface area (Å²) in [5.41, 5.74) is 0.743. The number of aliphatic hydroxyl groups is 1. The first-order valence-corrected chi connectivity index (χ1v) is 14.0. The Labute approximate surface area is 224 Å². The molecule has 1 fully saturated rings. The van der Waals surface area contributed by atoms with Crippen molar-refractivity contribution in [1.29, 1.82) is 0 Å². The number of carbonyl (C=O) groups excluding carboxylic acids is 1. The summed E-state index contributed by atoms with van der Waals surface area (Å²) in [4.78, 5) is 15.2. The molecule has 36 heavy (non-hydrogen) atoms. The van der Waals surface area contributed by atoms with Crippen molar-refractivity contribution >= 4 is 49.8 Å². The largest absolute Gasteiger partial charge is 0.462 e. The standard InChI is InChI=1S/C22H29ClN3O7PS2/c1-12(2)31-21(28)14(4)25-34(29,33-15-8-6-5-7-9-15)30-11-16-18(27)17(23)20(32-16)26-10-13(3)19(35)24-22(26)36/h5-10,12,14,16-18,20,27H,11H2,1-4H3,(H,25,29)(H,24,35,36)/t14-,16-,17+,18?,20-,34-/m0/s1. The highest BCUT2D eigenvalue weighted by Gasteiger charge is 2.45. The zero-order valence-electron chi connectivity index (χ0n) is 20.1. The van der Waals surface area contributed by atoms with Crippen LogP contribution in [0.4, 0.5) is 0 Å². The number of benzene rings is 1. The van der Waals surface area contributed by atoms with Crippen LogP contribution in [0.3, 0.4) is 0 Å². The van der Waals surface area contributed by atoms with Gasteiger partial charge in [0.05, 0.1) is 12.7 Å². The molecule has 0 bridgehead atoms. The number of para-hydroxylation sites is 1. The topological polar surface area (TPSA) is 124 Å². The third-order valence-electron chi connectivity index (χ3n) is 5.15. The summed E-state index contributed by atoms with van der Waals surface area (Å²) in [5.74, 6) is -0.380. The van der Waals surface area contributed by atoms with Gasteiger partial charge in [0.1, 0.15) is 34.0 Å². The van der Waals surface area contributed by atoms with Crippen molar-refractivity contribution in [2.45, 2.75) is 63.7 Å². The summed E-state index contributed by atoms with van der Waals surface area (Å²) in [7, 11) is -4.14. The zero-order valence-corrected chi connectivity index (χ0v) is 23.4. The molecule has 3 N–H and O–H groups in total. The minimum atomic E-state index is -4.14. The molecular formula is C22H29ClN3O7PS2. The number of hydrogen-bond donors (Lipinski definition) is 3. The quantitative estimate of drug-likeness (QED) is 0.160. The van der Waals surface area contributed by atoms with Crippen LogP contribution in [0.1, 0.15) is 32.6 Å². The molecule has 2 heterocycles. The number of aromatic nitrogens is 2. The molecule has 0 saturated carbocycles. The van der Waals surface area contributed by atoms with E-state index in [1.807, 2.05) is 0 Å². The third kappa shape index (κ3) is 7.23. The molecular weight excluding hydrogens is 549 g/mol. The number of alkyl halides is 1. The lowest BCUT2D eigenvalue weighted by molar-refractivity contribution is -0.149. The highest BCUT2D eigenvalue weighted by Crippen LogP contribution is 2.46. The van der Waals surface area contributed by atoms with Crippen LogP contribution in [-0.4, -0.2) is 57.0 Å². The van der Waals surface area contributed by atoms with Crippen molar-refractivity contribution in [3.05, 3.63) is 51.5 Å². The minimum Gasteiger partial charge on any atom is -0.462 e. The number of aromatic amines is 1. The van der Waals surface area contributed by atoms with Crippen LogP contribution >= 0.6 is 43.8 Å². The molecule has 1 saturated heterocycles. The number of aryl methyl sites for hydroxylation is 1. The van der Waals surface area contributed by atoms with Gasteiger partial charge >= 0.3 is 13.7 Å². The number of hydrogen-bond acceptors (Lipinski definition) is 9. The van der Waals surface area contributed by atoms with Gasteiger partial charge in [-0.05, 0) is 52.0 Å². The van der Waals surface area contributed by atoms with Crippen molar-refractivity contribution in [3.8, 4) is 5.75 Å². The second-order valence-corrected chi connectivity index (χ2v) is 11.5. The molecule has 0 amide bonds. The second kappa shape index (κ2) is 12.3.